The summed E-state index contributed by atoms with van der Waals surface area (Å²) in [5, 5.41) is 10.1. The standard InChI is InChI=1S/C22H23N3OS/c1-2-27-19-11-9-17(10-12-19)16-5-3-15(4-6-16)13-22(26)23-21-14-20(24-25-21)18-7-8-18/h3-6,9-12,14,18H,2,7-8,13H2,1H3,(H2,23,24,25,26). The van der Waals surface area contributed by atoms with E-state index in [2.05, 4.69) is 58.8 Å². The number of hydrogen-bond acceptors (Lipinski definition) is 3. The Bertz CT molecular complexity index is 911. The summed E-state index contributed by atoms with van der Waals surface area (Å²) in [5.41, 5.74) is 4.47. The van der Waals surface area contributed by atoms with Gasteiger partial charge in [0, 0.05) is 22.6 Å². The van der Waals surface area contributed by atoms with Crippen molar-refractivity contribution in [2.75, 3.05) is 11.1 Å². The summed E-state index contributed by atoms with van der Waals surface area (Å²) in [6, 6.07) is 18.7. The Morgan fingerprint density at radius 2 is 1.78 bits per heavy atom. The fourth-order valence-corrected chi connectivity index (χ4v) is 3.76. The van der Waals surface area contributed by atoms with E-state index in [0.717, 1.165) is 22.6 Å². The van der Waals surface area contributed by atoms with E-state index in [1.54, 1.807) is 0 Å². The van der Waals surface area contributed by atoms with Crippen molar-refractivity contribution in [3.63, 3.8) is 0 Å². The van der Waals surface area contributed by atoms with Gasteiger partial charge in [-0.2, -0.15) is 5.10 Å². The number of amides is 1. The molecule has 2 aromatic carbocycles. The number of nitrogens with one attached hydrogen (secondary N) is 2. The van der Waals surface area contributed by atoms with Crippen LogP contribution in [-0.2, 0) is 11.2 Å². The zero-order chi connectivity index (χ0) is 18.6. The average Bonchev–Trinajstić information content (AvgIpc) is 3.43. The van der Waals surface area contributed by atoms with E-state index in [1.165, 1.54) is 23.3 Å². The molecule has 4 rings (SSSR count). The Labute approximate surface area is 163 Å². The number of carbonyl (C=O) groups is 1. The predicted octanol–water partition coefficient (Wildman–Crippen LogP) is 5.25. The summed E-state index contributed by atoms with van der Waals surface area (Å²) in [7, 11) is 0. The van der Waals surface area contributed by atoms with Crippen LogP contribution in [0, 0.1) is 0 Å². The van der Waals surface area contributed by atoms with Crippen LogP contribution in [0.15, 0.2) is 59.5 Å². The summed E-state index contributed by atoms with van der Waals surface area (Å²) >= 11 is 1.84. The first kappa shape index (κ1) is 17.9. The van der Waals surface area contributed by atoms with Gasteiger partial charge in [-0.25, -0.2) is 0 Å². The molecule has 3 aromatic rings. The van der Waals surface area contributed by atoms with Crippen molar-refractivity contribution in [1.29, 1.82) is 0 Å². The fourth-order valence-electron chi connectivity index (χ4n) is 3.10. The van der Waals surface area contributed by atoms with Gasteiger partial charge in [0.25, 0.3) is 0 Å². The largest absolute Gasteiger partial charge is 0.309 e. The lowest BCUT2D eigenvalue weighted by Gasteiger charge is -2.06. The number of thioether (sulfide) groups is 1. The Kier molecular flexibility index (Phi) is 5.30. The van der Waals surface area contributed by atoms with E-state index < -0.39 is 0 Å². The minimum Gasteiger partial charge on any atom is -0.309 e. The van der Waals surface area contributed by atoms with Crippen LogP contribution in [0.25, 0.3) is 11.1 Å². The Balaban J connectivity index is 1.35. The lowest BCUT2D eigenvalue weighted by Crippen LogP contribution is -2.14. The summed E-state index contributed by atoms with van der Waals surface area (Å²) in [4.78, 5) is 13.6. The van der Waals surface area contributed by atoms with Gasteiger partial charge in [-0.05, 0) is 47.4 Å². The lowest BCUT2D eigenvalue weighted by molar-refractivity contribution is -0.115. The Morgan fingerprint density at radius 3 is 2.41 bits per heavy atom. The summed E-state index contributed by atoms with van der Waals surface area (Å²) in [6.45, 7) is 2.16. The second-order valence-electron chi connectivity index (χ2n) is 6.86. The van der Waals surface area contributed by atoms with Gasteiger partial charge in [0.2, 0.25) is 5.91 Å². The molecule has 0 atom stereocenters. The normalized spacial score (nSPS) is 13.5. The van der Waals surface area contributed by atoms with E-state index in [1.807, 2.05) is 30.0 Å². The zero-order valence-electron chi connectivity index (χ0n) is 15.4. The second-order valence-corrected chi connectivity index (χ2v) is 8.20. The molecular weight excluding hydrogens is 354 g/mol. The Hall–Kier alpha value is -2.53. The SMILES string of the molecule is CCSc1ccc(-c2ccc(CC(=O)Nc3cc(C4CC4)[nH]n3)cc2)cc1. The molecule has 1 heterocycles. The van der Waals surface area contributed by atoms with Crippen molar-refractivity contribution in [2.24, 2.45) is 0 Å². The van der Waals surface area contributed by atoms with Crippen LogP contribution in [0.3, 0.4) is 0 Å². The zero-order valence-corrected chi connectivity index (χ0v) is 16.2. The summed E-state index contributed by atoms with van der Waals surface area (Å²) in [6.07, 6.45) is 2.77. The van der Waals surface area contributed by atoms with Crippen LogP contribution in [0.4, 0.5) is 5.82 Å². The topological polar surface area (TPSA) is 57.8 Å². The van der Waals surface area contributed by atoms with Crippen LogP contribution >= 0.6 is 11.8 Å². The smallest absolute Gasteiger partial charge is 0.229 e. The van der Waals surface area contributed by atoms with E-state index in [4.69, 9.17) is 0 Å². The minimum atomic E-state index is -0.0439. The maximum Gasteiger partial charge on any atom is 0.229 e. The van der Waals surface area contributed by atoms with E-state index >= 15 is 0 Å². The number of aromatic nitrogens is 2. The van der Waals surface area contributed by atoms with Crippen molar-refractivity contribution in [3.8, 4) is 11.1 Å². The molecule has 2 N–H and O–H groups in total. The molecule has 0 saturated heterocycles. The van der Waals surface area contributed by atoms with Gasteiger partial charge in [0.1, 0.15) is 0 Å². The predicted molar refractivity (Wildman–Crippen MR) is 111 cm³/mol. The molecule has 0 aliphatic heterocycles. The molecule has 1 saturated carbocycles. The first-order valence-corrected chi connectivity index (χ1v) is 10.4. The third kappa shape index (κ3) is 4.61. The van der Waals surface area contributed by atoms with Crippen molar-refractivity contribution in [1.82, 2.24) is 10.2 Å². The lowest BCUT2D eigenvalue weighted by atomic mass is 10.0. The molecule has 1 fully saturated rings. The van der Waals surface area contributed by atoms with Gasteiger partial charge < -0.3 is 5.32 Å². The molecule has 138 valence electrons. The highest BCUT2D eigenvalue weighted by atomic mass is 32.2. The molecule has 1 aromatic heterocycles. The molecule has 4 nitrogen and oxygen atoms in total. The maximum atomic E-state index is 12.3. The molecule has 1 aliphatic carbocycles. The first-order valence-electron chi connectivity index (χ1n) is 9.38. The summed E-state index contributed by atoms with van der Waals surface area (Å²) in [5.74, 6) is 2.25. The number of carbonyl (C=O) groups excluding carboxylic acids is 1. The van der Waals surface area contributed by atoms with Crippen LogP contribution < -0.4 is 5.32 Å². The second kappa shape index (κ2) is 8.01. The molecule has 0 spiro atoms. The van der Waals surface area contributed by atoms with Crippen molar-refractivity contribution in [2.45, 2.75) is 37.0 Å². The monoisotopic (exact) mass is 377 g/mol. The van der Waals surface area contributed by atoms with Crippen LogP contribution in [0.1, 0.15) is 36.9 Å². The van der Waals surface area contributed by atoms with Gasteiger partial charge in [-0.3, -0.25) is 9.89 Å². The van der Waals surface area contributed by atoms with Crippen LogP contribution in [-0.4, -0.2) is 21.9 Å². The van der Waals surface area contributed by atoms with Gasteiger partial charge in [-0.1, -0.05) is 43.3 Å². The maximum absolute atomic E-state index is 12.3. The molecule has 0 unspecified atom stereocenters. The van der Waals surface area contributed by atoms with Gasteiger partial charge >= 0.3 is 0 Å². The number of nitrogens with zero attached hydrogens (tertiary/aromatic N) is 1. The number of H-pyrrole nitrogens is 1. The third-order valence-corrected chi connectivity index (χ3v) is 5.59. The Morgan fingerprint density at radius 1 is 1.11 bits per heavy atom. The van der Waals surface area contributed by atoms with Crippen LogP contribution in [0.2, 0.25) is 0 Å². The molecular formula is C22H23N3OS. The number of benzene rings is 2. The van der Waals surface area contributed by atoms with Crippen molar-refractivity contribution in [3.05, 3.63) is 65.9 Å². The molecule has 0 radical (unpaired) electrons. The van der Waals surface area contributed by atoms with Crippen molar-refractivity contribution < 1.29 is 4.79 Å². The quantitative estimate of drug-likeness (QED) is 0.553. The number of aromatic amines is 1. The third-order valence-electron chi connectivity index (χ3n) is 4.70. The van der Waals surface area contributed by atoms with Gasteiger partial charge in [-0.15, -0.1) is 11.8 Å². The van der Waals surface area contributed by atoms with Gasteiger partial charge in [0.05, 0.1) is 6.42 Å². The van der Waals surface area contributed by atoms with Gasteiger partial charge in [0.15, 0.2) is 5.82 Å². The van der Waals surface area contributed by atoms with E-state index in [-0.39, 0.29) is 5.91 Å². The molecule has 1 aliphatic rings. The average molecular weight is 378 g/mol. The number of anilines is 1. The van der Waals surface area contributed by atoms with E-state index in [9.17, 15) is 4.79 Å². The minimum absolute atomic E-state index is 0.0439. The highest BCUT2D eigenvalue weighted by Crippen LogP contribution is 2.39. The van der Waals surface area contributed by atoms with Crippen molar-refractivity contribution >= 4 is 23.5 Å². The summed E-state index contributed by atoms with van der Waals surface area (Å²) < 4.78 is 0. The number of hydrogen-bond donors (Lipinski definition) is 2. The van der Waals surface area contributed by atoms with Crippen LogP contribution in [0.5, 0.6) is 0 Å². The molecule has 1 amide bonds. The highest BCUT2D eigenvalue weighted by Gasteiger charge is 2.25. The number of rotatable bonds is 7. The highest BCUT2D eigenvalue weighted by molar-refractivity contribution is 7.99. The van der Waals surface area contributed by atoms with E-state index in [0.29, 0.717) is 18.2 Å². The fraction of sp³-hybridized carbons (Fsp3) is 0.273. The molecule has 27 heavy (non-hydrogen) atoms. The first-order chi connectivity index (χ1) is 13.2. The molecule has 5 heteroatoms. The molecule has 0 bridgehead atoms.